The SMILES string of the molecule is CCCCCCCCCCCCCCCCC/C=C/C(CCCCCCCCCCCCCCCCCCC)COS(=O)(=O)[O-].[K+]. The van der Waals surface area contributed by atoms with Gasteiger partial charge in [0.05, 0.1) is 6.61 Å². The molecule has 0 amide bonds. The summed E-state index contributed by atoms with van der Waals surface area (Å²) in [4.78, 5) is 0. The fraction of sp³-hybridized carbons (Fsp3) is 0.950. The van der Waals surface area contributed by atoms with E-state index in [0.29, 0.717) is 0 Å². The van der Waals surface area contributed by atoms with E-state index in [9.17, 15) is 13.0 Å². The Bertz CT molecular complexity index is 697. The normalized spacial score (nSPS) is 12.6. The molecule has 0 aromatic heterocycles. The summed E-state index contributed by atoms with van der Waals surface area (Å²) < 4.78 is 37.6. The molecule has 0 aliphatic heterocycles. The molecule has 0 fully saturated rings. The molecule has 0 saturated carbocycles. The van der Waals surface area contributed by atoms with Crippen LogP contribution in [0.25, 0.3) is 0 Å². The molecule has 0 saturated heterocycles. The van der Waals surface area contributed by atoms with Gasteiger partial charge in [0.2, 0.25) is 10.4 Å². The summed E-state index contributed by atoms with van der Waals surface area (Å²) in [5, 5.41) is 0. The van der Waals surface area contributed by atoms with E-state index in [2.05, 4.69) is 30.2 Å². The molecule has 46 heavy (non-hydrogen) atoms. The van der Waals surface area contributed by atoms with Gasteiger partial charge in [0.1, 0.15) is 0 Å². The van der Waals surface area contributed by atoms with Crippen molar-refractivity contribution >= 4 is 10.4 Å². The van der Waals surface area contributed by atoms with E-state index in [1.807, 2.05) is 0 Å². The van der Waals surface area contributed by atoms with Crippen molar-refractivity contribution < 1.29 is 68.5 Å². The quantitative estimate of drug-likeness (QED) is 0.0212. The van der Waals surface area contributed by atoms with Crippen LogP contribution in [0.3, 0.4) is 0 Å². The largest absolute Gasteiger partial charge is 1.00 e. The van der Waals surface area contributed by atoms with E-state index in [1.54, 1.807) is 0 Å². The van der Waals surface area contributed by atoms with Crippen LogP contribution in [0.2, 0.25) is 0 Å². The van der Waals surface area contributed by atoms with E-state index in [0.717, 1.165) is 19.3 Å². The van der Waals surface area contributed by atoms with Gasteiger partial charge in [-0.2, -0.15) is 0 Å². The molecule has 1 atom stereocenters. The van der Waals surface area contributed by atoms with E-state index in [1.165, 1.54) is 199 Å². The van der Waals surface area contributed by atoms with Crippen molar-refractivity contribution in [1.82, 2.24) is 0 Å². The minimum absolute atomic E-state index is 0. The van der Waals surface area contributed by atoms with E-state index in [-0.39, 0.29) is 63.9 Å². The summed E-state index contributed by atoms with van der Waals surface area (Å²) in [5.74, 6) is 0.0152. The molecule has 0 aromatic rings. The van der Waals surface area contributed by atoms with Gasteiger partial charge in [-0.15, -0.1) is 0 Å². The Kier molecular flexibility index (Phi) is 43.6. The smallest absolute Gasteiger partial charge is 0.726 e. The Morgan fingerprint density at radius 1 is 0.478 bits per heavy atom. The van der Waals surface area contributed by atoms with E-state index in [4.69, 9.17) is 0 Å². The van der Waals surface area contributed by atoms with Gasteiger partial charge in [-0.1, -0.05) is 225 Å². The average Bonchev–Trinajstić information content (AvgIpc) is 3.02. The molecule has 1 unspecified atom stereocenters. The first-order valence-electron chi connectivity index (χ1n) is 20.3. The van der Waals surface area contributed by atoms with Gasteiger partial charge in [-0.05, 0) is 19.3 Å². The number of unbranched alkanes of at least 4 members (excludes halogenated alkanes) is 31. The van der Waals surface area contributed by atoms with Gasteiger partial charge in [0, 0.05) is 5.92 Å². The summed E-state index contributed by atoms with van der Waals surface area (Å²) in [5.41, 5.74) is 0. The number of hydrogen-bond acceptors (Lipinski definition) is 4. The maximum Gasteiger partial charge on any atom is 1.00 e. The zero-order valence-corrected chi connectivity index (χ0v) is 35.5. The Balaban J connectivity index is 0. The molecule has 0 rings (SSSR count). The molecule has 0 heterocycles. The number of hydrogen-bond donors (Lipinski definition) is 0. The van der Waals surface area contributed by atoms with Gasteiger partial charge in [-0.3, -0.25) is 4.18 Å². The zero-order chi connectivity index (χ0) is 32.9. The Morgan fingerprint density at radius 2 is 0.761 bits per heavy atom. The van der Waals surface area contributed by atoms with Crippen molar-refractivity contribution in [2.45, 2.75) is 232 Å². The molecule has 0 aliphatic rings. The molecular formula is C40H79KO4S. The van der Waals surface area contributed by atoms with Gasteiger partial charge in [-0.25, -0.2) is 8.42 Å². The molecular weight excluding hydrogens is 616 g/mol. The first-order valence-corrected chi connectivity index (χ1v) is 21.6. The maximum absolute atomic E-state index is 11.0. The molecule has 0 aromatic carbocycles. The monoisotopic (exact) mass is 695 g/mol. The molecule has 0 bridgehead atoms. The van der Waals surface area contributed by atoms with Gasteiger partial charge < -0.3 is 4.55 Å². The Labute approximate surface area is 332 Å². The molecule has 0 N–H and O–H groups in total. The summed E-state index contributed by atoms with van der Waals surface area (Å²) in [7, 11) is -4.63. The molecule has 4 nitrogen and oxygen atoms in total. The summed E-state index contributed by atoms with van der Waals surface area (Å²) in [6.07, 6.45) is 49.7. The minimum atomic E-state index is -4.63. The van der Waals surface area contributed by atoms with Crippen molar-refractivity contribution in [2.24, 2.45) is 5.92 Å². The van der Waals surface area contributed by atoms with Crippen LogP contribution in [-0.4, -0.2) is 19.6 Å². The molecule has 6 heteroatoms. The van der Waals surface area contributed by atoms with E-state index < -0.39 is 10.4 Å². The Morgan fingerprint density at radius 3 is 1.07 bits per heavy atom. The van der Waals surface area contributed by atoms with Crippen molar-refractivity contribution in [3.63, 3.8) is 0 Å². The first kappa shape index (κ1) is 49.4. The van der Waals surface area contributed by atoms with Gasteiger partial charge >= 0.3 is 51.4 Å². The second kappa shape index (κ2) is 40.7. The standard InChI is InChI=1S/C40H80O4S.K/c1-3-5-7-9-11-13-15-17-19-21-23-25-27-29-31-33-35-37-40(39-44-45(41,42)43)38-36-34-32-30-28-26-24-22-20-18-16-14-12-10-8-6-4-2;/h35,37,40H,3-34,36,38-39H2,1-2H3,(H,41,42,43);/q;+1/p-1/b37-35+;. The van der Waals surface area contributed by atoms with Gasteiger partial charge in [0.15, 0.2) is 0 Å². The van der Waals surface area contributed by atoms with Crippen LogP contribution < -0.4 is 51.4 Å². The zero-order valence-electron chi connectivity index (χ0n) is 31.5. The summed E-state index contributed by atoms with van der Waals surface area (Å²) in [6.45, 7) is 4.55. The third kappa shape index (κ3) is 43.3. The molecule has 0 spiro atoms. The van der Waals surface area contributed by atoms with E-state index >= 15 is 0 Å². The van der Waals surface area contributed by atoms with Crippen LogP contribution in [0.1, 0.15) is 232 Å². The topological polar surface area (TPSA) is 66.4 Å². The van der Waals surface area contributed by atoms with Crippen molar-refractivity contribution in [3.8, 4) is 0 Å². The first-order chi connectivity index (χ1) is 22.0. The van der Waals surface area contributed by atoms with Crippen LogP contribution in [0, 0.1) is 5.92 Å². The molecule has 0 radical (unpaired) electrons. The van der Waals surface area contributed by atoms with Crippen LogP contribution >= 0.6 is 0 Å². The molecule has 0 aliphatic carbocycles. The van der Waals surface area contributed by atoms with Crippen LogP contribution in [0.5, 0.6) is 0 Å². The predicted molar refractivity (Wildman–Crippen MR) is 197 cm³/mol. The van der Waals surface area contributed by atoms with Crippen molar-refractivity contribution in [1.29, 1.82) is 0 Å². The third-order valence-electron chi connectivity index (χ3n) is 9.49. The van der Waals surface area contributed by atoms with Crippen molar-refractivity contribution in [3.05, 3.63) is 12.2 Å². The average molecular weight is 695 g/mol. The predicted octanol–water partition coefficient (Wildman–Crippen LogP) is 10.9. The second-order valence-corrected chi connectivity index (χ2v) is 15.1. The Hall–Kier alpha value is 1.25. The summed E-state index contributed by atoms with van der Waals surface area (Å²) >= 11 is 0. The van der Waals surface area contributed by atoms with Crippen LogP contribution in [0.15, 0.2) is 12.2 Å². The fourth-order valence-electron chi connectivity index (χ4n) is 6.46. The number of rotatable bonds is 38. The number of allylic oxidation sites excluding steroid dienone is 1. The van der Waals surface area contributed by atoms with Crippen LogP contribution in [0.4, 0.5) is 0 Å². The minimum Gasteiger partial charge on any atom is -0.726 e. The maximum atomic E-state index is 11.0. The fourth-order valence-corrected chi connectivity index (χ4v) is 6.80. The van der Waals surface area contributed by atoms with Crippen LogP contribution in [-0.2, 0) is 14.6 Å². The second-order valence-electron chi connectivity index (χ2n) is 14.1. The van der Waals surface area contributed by atoms with Gasteiger partial charge in [0.25, 0.3) is 0 Å². The summed E-state index contributed by atoms with van der Waals surface area (Å²) in [6, 6.07) is 0. The molecule has 270 valence electrons. The van der Waals surface area contributed by atoms with Crippen molar-refractivity contribution in [2.75, 3.05) is 6.61 Å². The third-order valence-corrected chi connectivity index (χ3v) is 9.91.